The van der Waals surface area contributed by atoms with Gasteiger partial charge in [0.2, 0.25) is 0 Å². The van der Waals surface area contributed by atoms with Crippen molar-refractivity contribution >= 4 is 23.4 Å². The van der Waals surface area contributed by atoms with Gasteiger partial charge in [0.1, 0.15) is 0 Å². The summed E-state index contributed by atoms with van der Waals surface area (Å²) in [6.45, 7) is 1.05. The lowest BCUT2D eigenvalue weighted by molar-refractivity contribution is -0.00494. The Hall–Kier alpha value is -1.04. The molecule has 0 bridgehead atoms. The number of hydrogen-bond acceptors (Lipinski definition) is 3. The van der Waals surface area contributed by atoms with Crippen LogP contribution < -0.4 is 11.1 Å². The number of urea groups is 1. The minimum Gasteiger partial charge on any atom is -0.358 e. The van der Waals surface area contributed by atoms with E-state index in [1.54, 1.807) is 0 Å². The van der Waals surface area contributed by atoms with Crippen LogP contribution in [0.3, 0.4) is 0 Å². The second-order valence-electron chi connectivity index (χ2n) is 1.74. The fraction of sp³-hybridized carbons (Fsp3) is 0.500. The van der Waals surface area contributed by atoms with Crippen molar-refractivity contribution in [3.8, 4) is 0 Å². The van der Waals surface area contributed by atoms with Gasteiger partial charge in [0.25, 0.3) is 5.17 Å². The number of amides is 2. The topological polar surface area (TPSA) is 67.6 Å². The third-order valence-corrected chi connectivity index (χ3v) is 1.09. The van der Waals surface area contributed by atoms with Crippen LogP contribution in [-0.2, 0) is 4.84 Å². The molecule has 0 aromatic carbocycles. The Morgan fingerprint density at radius 3 is 3.00 bits per heavy atom. The summed E-state index contributed by atoms with van der Waals surface area (Å²) >= 11 is 4.42. The maximum absolute atomic E-state index is 10.7. The summed E-state index contributed by atoms with van der Waals surface area (Å²) in [7, 11) is 0. The molecule has 0 unspecified atom stereocenters. The average Bonchev–Trinajstić information content (AvgIpc) is 2.15. The van der Waals surface area contributed by atoms with E-state index in [2.05, 4.69) is 22.4 Å². The highest BCUT2D eigenvalue weighted by molar-refractivity contribution is 7.79. The molecule has 0 radical (unpaired) electrons. The van der Waals surface area contributed by atoms with Gasteiger partial charge in [-0.15, -0.1) is 0 Å². The first-order valence-corrected chi connectivity index (χ1v) is 3.14. The summed E-state index contributed by atoms with van der Waals surface area (Å²) in [5.74, 6) is 0. The first-order valence-electron chi connectivity index (χ1n) is 2.73. The number of nitrogens with two attached hydrogens (primary N) is 1. The number of carbonyl (C=O) groups excluding carboxylic acids is 1. The highest BCUT2D eigenvalue weighted by Crippen LogP contribution is 1.96. The number of rotatable bonds is 1. The number of carbonyl (C=O) groups is 1. The monoisotopic (exact) mass is 161 g/mol. The molecule has 0 aromatic rings. The molecule has 1 saturated heterocycles. The summed E-state index contributed by atoms with van der Waals surface area (Å²) in [4.78, 5) is 15.3. The molecule has 1 aliphatic rings. The highest BCUT2D eigenvalue weighted by Gasteiger charge is 2.21. The molecule has 5 nitrogen and oxygen atoms in total. The van der Waals surface area contributed by atoms with Crippen LogP contribution >= 0.6 is 12.2 Å². The van der Waals surface area contributed by atoms with E-state index >= 15 is 0 Å². The second-order valence-corrected chi connectivity index (χ2v) is 2.15. The van der Waals surface area contributed by atoms with E-state index in [4.69, 9.17) is 5.73 Å². The minimum absolute atomic E-state index is 0.142. The van der Waals surface area contributed by atoms with Gasteiger partial charge >= 0.3 is 6.03 Å². The molecule has 0 aliphatic carbocycles. The Kier molecular flexibility index (Phi) is 1.91. The van der Waals surface area contributed by atoms with E-state index in [9.17, 15) is 4.79 Å². The van der Waals surface area contributed by atoms with Crippen LogP contribution in [0.15, 0.2) is 0 Å². The fourth-order valence-corrected chi connectivity index (χ4v) is 0.740. The molecule has 10 heavy (non-hydrogen) atoms. The molecule has 0 aromatic heterocycles. The zero-order chi connectivity index (χ0) is 7.56. The van der Waals surface area contributed by atoms with Gasteiger partial charge in [-0.2, -0.15) is 5.06 Å². The SMILES string of the molecule is NC(=S)ON1CCNC1=O. The van der Waals surface area contributed by atoms with E-state index in [0.717, 1.165) is 5.06 Å². The highest BCUT2D eigenvalue weighted by atomic mass is 32.1. The molecule has 56 valence electrons. The molecule has 0 atom stereocenters. The molecule has 1 heterocycles. The minimum atomic E-state index is -0.298. The first kappa shape index (κ1) is 7.07. The Labute approximate surface area is 63.1 Å². The van der Waals surface area contributed by atoms with Gasteiger partial charge in [-0.25, -0.2) is 4.79 Å². The number of hydroxylamine groups is 2. The van der Waals surface area contributed by atoms with Crippen molar-refractivity contribution in [2.75, 3.05) is 13.1 Å². The first-order chi connectivity index (χ1) is 4.70. The number of nitrogens with zero attached hydrogens (tertiary/aromatic N) is 1. The molecule has 2 amide bonds. The quantitative estimate of drug-likeness (QED) is 0.493. The Morgan fingerprint density at radius 2 is 2.60 bits per heavy atom. The molecule has 0 spiro atoms. The lowest BCUT2D eigenvalue weighted by atomic mass is 10.7. The van der Waals surface area contributed by atoms with Crippen molar-refractivity contribution in [3.05, 3.63) is 0 Å². The molecular weight excluding hydrogens is 154 g/mol. The summed E-state index contributed by atoms with van der Waals surface area (Å²) < 4.78 is 0. The lowest BCUT2D eigenvalue weighted by Gasteiger charge is -2.11. The van der Waals surface area contributed by atoms with Crippen LogP contribution in [0.1, 0.15) is 0 Å². The van der Waals surface area contributed by atoms with Crippen molar-refractivity contribution in [2.45, 2.75) is 0 Å². The molecule has 1 fully saturated rings. The predicted octanol–water partition coefficient (Wildman–Crippen LogP) is -0.813. The number of thiocarbonyl (C=S) groups is 1. The van der Waals surface area contributed by atoms with Crippen LogP contribution in [-0.4, -0.2) is 29.4 Å². The van der Waals surface area contributed by atoms with Crippen molar-refractivity contribution in [1.29, 1.82) is 0 Å². The number of hydrogen-bond donors (Lipinski definition) is 2. The molecule has 6 heteroatoms. The van der Waals surface area contributed by atoms with Crippen LogP contribution in [0.2, 0.25) is 0 Å². The third kappa shape index (κ3) is 1.47. The van der Waals surface area contributed by atoms with E-state index < -0.39 is 0 Å². The maximum Gasteiger partial charge on any atom is 0.350 e. The van der Waals surface area contributed by atoms with E-state index in [1.165, 1.54) is 0 Å². The maximum atomic E-state index is 10.7. The number of nitrogens with one attached hydrogen (secondary N) is 1. The van der Waals surface area contributed by atoms with Crippen LogP contribution in [0.5, 0.6) is 0 Å². The zero-order valence-electron chi connectivity index (χ0n) is 5.16. The van der Waals surface area contributed by atoms with Crippen LogP contribution in [0.4, 0.5) is 4.79 Å². The Morgan fingerprint density at radius 1 is 1.90 bits per heavy atom. The van der Waals surface area contributed by atoms with Gasteiger partial charge in [-0.05, 0) is 12.2 Å². The standard InChI is InChI=1S/C4H7N3O2S/c5-3(10)9-7-2-1-6-4(7)8/h1-2H2,(H2,5,10)(H,6,8). The summed E-state index contributed by atoms with van der Waals surface area (Å²) in [6.07, 6.45) is 0. The molecule has 1 aliphatic heterocycles. The molecule has 0 saturated carbocycles. The van der Waals surface area contributed by atoms with Gasteiger partial charge < -0.3 is 15.9 Å². The Bertz CT molecular complexity index is 172. The fourth-order valence-electron chi connectivity index (χ4n) is 0.650. The molecular formula is C4H7N3O2S. The molecule has 1 rings (SSSR count). The largest absolute Gasteiger partial charge is 0.358 e. The van der Waals surface area contributed by atoms with Gasteiger partial charge in [-0.1, -0.05) is 0 Å². The van der Waals surface area contributed by atoms with Crippen molar-refractivity contribution in [3.63, 3.8) is 0 Å². The second kappa shape index (κ2) is 2.70. The van der Waals surface area contributed by atoms with Gasteiger partial charge in [0.05, 0.1) is 6.54 Å². The summed E-state index contributed by atoms with van der Waals surface area (Å²) in [5, 5.41) is 3.47. The summed E-state index contributed by atoms with van der Waals surface area (Å²) in [5.41, 5.74) is 5.02. The van der Waals surface area contributed by atoms with E-state index in [1.807, 2.05) is 0 Å². The van der Waals surface area contributed by atoms with Crippen molar-refractivity contribution in [2.24, 2.45) is 5.73 Å². The van der Waals surface area contributed by atoms with Gasteiger partial charge in [-0.3, -0.25) is 0 Å². The normalized spacial score (nSPS) is 16.8. The van der Waals surface area contributed by atoms with Gasteiger partial charge in [0, 0.05) is 6.54 Å². The predicted molar refractivity (Wildman–Crippen MR) is 38.0 cm³/mol. The zero-order valence-corrected chi connectivity index (χ0v) is 5.98. The Balaban J connectivity index is 2.40. The molecule has 3 N–H and O–H groups in total. The van der Waals surface area contributed by atoms with Crippen molar-refractivity contribution < 1.29 is 9.63 Å². The van der Waals surface area contributed by atoms with E-state index in [0.29, 0.717) is 13.1 Å². The van der Waals surface area contributed by atoms with E-state index in [-0.39, 0.29) is 11.2 Å². The van der Waals surface area contributed by atoms with Gasteiger partial charge in [0.15, 0.2) is 0 Å². The lowest BCUT2D eigenvalue weighted by Crippen LogP contribution is -2.32. The smallest absolute Gasteiger partial charge is 0.350 e. The third-order valence-electron chi connectivity index (χ3n) is 1.02. The average molecular weight is 161 g/mol. The van der Waals surface area contributed by atoms with Crippen LogP contribution in [0.25, 0.3) is 0 Å². The summed E-state index contributed by atoms with van der Waals surface area (Å²) in [6, 6.07) is -0.298. The van der Waals surface area contributed by atoms with Crippen LogP contribution in [0, 0.1) is 0 Å². The van der Waals surface area contributed by atoms with Crippen molar-refractivity contribution in [1.82, 2.24) is 10.4 Å².